The molecule has 3 aromatic rings. The topological polar surface area (TPSA) is 50.2 Å². The first kappa shape index (κ1) is 20.6. The molecule has 1 atom stereocenters. The number of benzene rings is 2. The van der Waals surface area contributed by atoms with E-state index in [9.17, 15) is 4.79 Å². The van der Waals surface area contributed by atoms with Gasteiger partial charge in [-0.05, 0) is 69.8 Å². The van der Waals surface area contributed by atoms with Crippen LogP contribution in [0.2, 0.25) is 0 Å². The minimum absolute atomic E-state index is 0.0328. The molecular weight excluding hydrogens is 372 g/mol. The van der Waals surface area contributed by atoms with Gasteiger partial charge in [0, 0.05) is 11.9 Å². The lowest BCUT2D eigenvalue weighted by Gasteiger charge is -2.32. The second kappa shape index (κ2) is 9.90. The van der Waals surface area contributed by atoms with Crippen molar-refractivity contribution in [3.05, 3.63) is 66.4 Å². The molecule has 5 nitrogen and oxygen atoms in total. The molecule has 1 amide bonds. The van der Waals surface area contributed by atoms with Crippen molar-refractivity contribution >= 4 is 16.8 Å². The SMILES string of the molecule is CC(C(=O)NCCCN1CCC(Cc2ccccc2)CC1)n1ncc2ccccc21. The van der Waals surface area contributed by atoms with Crippen molar-refractivity contribution in [2.24, 2.45) is 5.92 Å². The summed E-state index contributed by atoms with van der Waals surface area (Å²) in [6.45, 7) is 6.01. The molecule has 5 heteroatoms. The molecule has 1 aromatic heterocycles. The van der Waals surface area contributed by atoms with Gasteiger partial charge in [-0.3, -0.25) is 9.48 Å². The Morgan fingerprint density at radius 3 is 2.63 bits per heavy atom. The minimum atomic E-state index is -0.307. The largest absolute Gasteiger partial charge is 0.354 e. The van der Waals surface area contributed by atoms with Crippen molar-refractivity contribution < 1.29 is 4.79 Å². The van der Waals surface area contributed by atoms with Gasteiger partial charge in [0.1, 0.15) is 6.04 Å². The van der Waals surface area contributed by atoms with Gasteiger partial charge in [-0.15, -0.1) is 0 Å². The summed E-state index contributed by atoms with van der Waals surface area (Å²) in [4.78, 5) is 15.1. The summed E-state index contributed by atoms with van der Waals surface area (Å²) < 4.78 is 1.81. The van der Waals surface area contributed by atoms with Crippen molar-refractivity contribution in [1.82, 2.24) is 20.0 Å². The van der Waals surface area contributed by atoms with Crippen LogP contribution in [0.4, 0.5) is 0 Å². The molecule has 0 radical (unpaired) electrons. The van der Waals surface area contributed by atoms with Crippen molar-refractivity contribution in [3.63, 3.8) is 0 Å². The number of likely N-dealkylation sites (tertiary alicyclic amines) is 1. The van der Waals surface area contributed by atoms with E-state index >= 15 is 0 Å². The maximum atomic E-state index is 12.6. The predicted octanol–water partition coefficient (Wildman–Crippen LogP) is 4.06. The lowest BCUT2D eigenvalue weighted by Crippen LogP contribution is -2.37. The fourth-order valence-electron chi connectivity index (χ4n) is 4.44. The monoisotopic (exact) mass is 404 g/mol. The second-order valence-corrected chi connectivity index (χ2v) is 8.44. The van der Waals surface area contributed by atoms with Crippen molar-refractivity contribution in [3.8, 4) is 0 Å². The van der Waals surface area contributed by atoms with Crippen LogP contribution in [0.25, 0.3) is 10.9 Å². The molecule has 1 saturated heterocycles. The highest BCUT2D eigenvalue weighted by Crippen LogP contribution is 2.22. The Labute approximate surface area is 179 Å². The Balaban J connectivity index is 1.15. The maximum absolute atomic E-state index is 12.6. The summed E-state index contributed by atoms with van der Waals surface area (Å²) in [6, 6.07) is 18.5. The first-order chi connectivity index (χ1) is 14.7. The van der Waals surface area contributed by atoms with E-state index in [-0.39, 0.29) is 11.9 Å². The van der Waals surface area contributed by atoms with Gasteiger partial charge in [0.25, 0.3) is 0 Å². The van der Waals surface area contributed by atoms with Gasteiger partial charge < -0.3 is 10.2 Å². The highest BCUT2D eigenvalue weighted by Gasteiger charge is 2.20. The van der Waals surface area contributed by atoms with E-state index in [1.165, 1.54) is 37.9 Å². The lowest BCUT2D eigenvalue weighted by atomic mass is 9.90. The molecule has 1 unspecified atom stereocenters. The predicted molar refractivity (Wildman–Crippen MR) is 121 cm³/mol. The summed E-state index contributed by atoms with van der Waals surface area (Å²) in [7, 11) is 0. The van der Waals surface area contributed by atoms with Gasteiger partial charge in [-0.1, -0.05) is 48.5 Å². The minimum Gasteiger partial charge on any atom is -0.354 e. The Hall–Kier alpha value is -2.66. The van der Waals surface area contributed by atoms with E-state index in [0.717, 1.165) is 29.8 Å². The average Bonchev–Trinajstić information content (AvgIpc) is 3.22. The Morgan fingerprint density at radius 1 is 1.10 bits per heavy atom. The summed E-state index contributed by atoms with van der Waals surface area (Å²) in [5, 5.41) is 8.56. The highest BCUT2D eigenvalue weighted by molar-refractivity contribution is 5.84. The number of carbonyl (C=O) groups is 1. The molecule has 1 N–H and O–H groups in total. The fourth-order valence-corrected chi connectivity index (χ4v) is 4.44. The second-order valence-electron chi connectivity index (χ2n) is 8.44. The van der Waals surface area contributed by atoms with Crippen molar-refractivity contribution in [2.45, 2.75) is 38.6 Å². The van der Waals surface area contributed by atoms with Gasteiger partial charge in [0.2, 0.25) is 5.91 Å². The molecule has 158 valence electrons. The van der Waals surface area contributed by atoms with E-state index < -0.39 is 0 Å². The number of rotatable bonds is 8. The van der Waals surface area contributed by atoms with Crippen LogP contribution in [0.5, 0.6) is 0 Å². The van der Waals surface area contributed by atoms with Crippen LogP contribution in [-0.2, 0) is 11.2 Å². The first-order valence-corrected chi connectivity index (χ1v) is 11.2. The summed E-state index contributed by atoms with van der Waals surface area (Å²) in [6.07, 6.45) is 6.54. The van der Waals surface area contributed by atoms with Crippen LogP contribution >= 0.6 is 0 Å². The van der Waals surface area contributed by atoms with E-state index in [1.54, 1.807) is 0 Å². The van der Waals surface area contributed by atoms with Crippen LogP contribution in [0, 0.1) is 5.92 Å². The molecule has 1 aliphatic heterocycles. The number of piperidine rings is 1. The van der Waals surface area contributed by atoms with Crippen molar-refractivity contribution in [2.75, 3.05) is 26.2 Å². The van der Waals surface area contributed by atoms with Crippen LogP contribution < -0.4 is 5.32 Å². The first-order valence-electron chi connectivity index (χ1n) is 11.2. The number of carbonyl (C=O) groups excluding carboxylic acids is 1. The van der Waals surface area contributed by atoms with Crippen LogP contribution in [-0.4, -0.2) is 46.8 Å². The number of hydrogen-bond acceptors (Lipinski definition) is 3. The molecule has 0 saturated carbocycles. The molecule has 2 heterocycles. The van der Waals surface area contributed by atoms with E-state index in [1.807, 2.05) is 42.1 Å². The van der Waals surface area contributed by atoms with Gasteiger partial charge in [0.05, 0.1) is 11.7 Å². The third kappa shape index (κ3) is 5.08. The zero-order valence-electron chi connectivity index (χ0n) is 17.8. The number of hydrogen-bond donors (Lipinski definition) is 1. The van der Waals surface area contributed by atoms with Crippen molar-refractivity contribution in [1.29, 1.82) is 0 Å². The number of nitrogens with zero attached hydrogens (tertiary/aromatic N) is 3. The molecule has 2 aromatic carbocycles. The lowest BCUT2D eigenvalue weighted by molar-refractivity contribution is -0.124. The number of amides is 1. The Bertz CT molecular complexity index is 944. The third-order valence-electron chi connectivity index (χ3n) is 6.28. The Kier molecular flexibility index (Phi) is 6.80. The van der Waals surface area contributed by atoms with E-state index in [4.69, 9.17) is 0 Å². The number of para-hydroxylation sites is 1. The molecular formula is C25H32N4O. The zero-order valence-corrected chi connectivity index (χ0v) is 17.8. The molecule has 0 bridgehead atoms. The standard InChI is InChI=1S/C25H32N4O/c1-20(29-24-11-6-5-10-23(24)19-27-29)25(30)26-14-7-15-28-16-12-22(13-17-28)18-21-8-3-2-4-9-21/h2-6,8-11,19-20,22H,7,12-18H2,1H3,(H,26,30). The zero-order chi connectivity index (χ0) is 20.8. The van der Waals surface area contributed by atoms with E-state index in [0.29, 0.717) is 6.54 Å². The van der Waals surface area contributed by atoms with Crippen LogP contribution in [0.15, 0.2) is 60.8 Å². The molecule has 4 rings (SSSR count). The average molecular weight is 405 g/mol. The van der Waals surface area contributed by atoms with Crippen LogP contribution in [0.3, 0.4) is 0 Å². The summed E-state index contributed by atoms with van der Waals surface area (Å²) in [5.74, 6) is 0.832. The number of fused-ring (bicyclic) bond motifs is 1. The van der Waals surface area contributed by atoms with E-state index in [2.05, 4.69) is 45.6 Å². The highest BCUT2D eigenvalue weighted by atomic mass is 16.2. The van der Waals surface area contributed by atoms with Crippen LogP contribution in [0.1, 0.15) is 37.8 Å². The Morgan fingerprint density at radius 2 is 1.83 bits per heavy atom. The molecule has 1 fully saturated rings. The number of aromatic nitrogens is 2. The normalized spacial score (nSPS) is 16.6. The van der Waals surface area contributed by atoms with Gasteiger partial charge in [0.15, 0.2) is 0 Å². The summed E-state index contributed by atoms with van der Waals surface area (Å²) in [5.41, 5.74) is 2.45. The fraction of sp³-hybridized carbons (Fsp3) is 0.440. The third-order valence-corrected chi connectivity index (χ3v) is 6.28. The quantitative estimate of drug-likeness (QED) is 0.576. The number of nitrogens with one attached hydrogen (secondary N) is 1. The molecule has 0 aliphatic carbocycles. The molecule has 0 spiro atoms. The van der Waals surface area contributed by atoms with Gasteiger partial charge >= 0.3 is 0 Å². The van der Waals surface area contributed by atoms with Gasteiger partial charge in [-0.2, -0.15) is 5.10 Å². The maximum Gasteiger partial charge on any atom is 0.244 e. The molecule has 1 aliphatic rings. The molecule has 30 heavy (non-hydrogen) atoms. The summed E-state index contributed by atoms with van der Waals surface area (Å²) >= 11 is 0. The van der Waals surface area contributed by atoms with Gasteiger partial charge in [-0.25, -0.2) is 0 Å². The smallest absolute Gasteiger partial charge is 0.244 e.